The van der Waals surface area contributed by atoms with Gasteiger partial charge in [-0.3, -0.25) is 0 Å². The standard InChI is InChI=1S/C12H26N2OS/c1-11(2)10-14(8-9-15-3)7-5-4-6-12(13)16/h11H,4-10H2,1-3H3,(H2,13,16). The van der Waals surface area contributed by atoms with Crippen molar-refractivity contribution in [1.82, 2.24) is 4.90 Å². The Hall–Kier alpha value is -0.190. The van der Waals surface area contributed by atoms with Crippen LogP contribution < -0.4 is 5.73 Å². The van der Waals surface area contributed by atoms with Gasteiger partial charge in [-0.25, -0.2) is 0 Å². The van der Waals surface area contributed by atoms with Gasteiger partial charge in [-0.1, -0.05) is 26.1 Å². The Labute approximate surface area is 105 Å². The number of rotatable bonds is 10. The van der Waals surface area contributed by atoms with Gasteiger partial charge in [0.2, 0.25) is 0 Å². The average molecular weight is 246 g/mol. The van der Waals surface area contributed by atoms with Crippen molar-refractivity contribution in [2.75, 3.05) is 33.4 Å². The molecule has 0 aromatic carbocycles. The Bertz CT molecular complexity index is 186. The molecular formula is C12H26N2OS. The largest absolute Gasteiger partial charge is 0.393 e. The molecule has 0 heterocycles. The fourth-order valence-corrected chi connectivity index (χ4v) is 1.81. The Morgan fingerprint density at radius 1 is 1.31 bits per heavy atom. The average Bonchev–Trinajstić information content (AvgIpc) is 2.19. The number of ether oxygens (including phenoxy) is 1. The number of thiocarbonyl (C=S) groups is 1. The van der Waals surface area contributed by atoms with Crippen molar-refractivity contribution < 1.29 is 4.74 Å². The molecule has 96 valence electrons. The number of nitrogens with two attached hydrogens (primary N) is 1. The maximum absolute atomic E-state index is 5.47. The lowest BCUT2D eigenvalue weighted by Crippen LogP contribution is -2.32. The molecule has 16 heavy (non-hydrogen) atoms. The molecule has 0 aliphatic heterocycles. The van der Waals surface area contributed by atoms with Crippen molar-refractivity contribution in [2.24, 2.45) is 11.7 Å². The van der Waals surface area contributed by atoms with E-state index in [1.54, 1.807) is 7.11 Å². The third-order valence-corrected chi connectivity index (χ3v) is 2.59. The third-order valence-electron chi connectivity index (χ3n) is 2.38. The van der Waals surface area contributed by atoms with Crippen molar-refractivity contribution in [3.05, 3.63) is 0 Å². The monoisotopic (exact) mass is 246 g/mol. The summed E-state index contributed by atoms with van der Waals surface area (Å²) in [5, 5.41) is 0. The molecule has 0 radical (unpaired) electrons. The number of hydrogen-bond donors (Lipinski definition) is 1. The zero-order valence-electron chi connectivity index (χ0n) is 10.9. The van der Waals surface area contributed by atoms with Crippen LogP contribution in [-0.2, 0) is 4.74 Å². The minimum Gasteiger partial charge on any atom is -0.393 e. The molecular weight excluding hydrogens is 220 g/mol. The molecule has 0 saturated heterocycles. The highest BCUT2D eigenvalue weighted by atomic mass is 32.1. The van der Waals surface area contributed by atoms with Gasteiger partial charge in [-0.05, 0) is 31.7 Å². The minimum absolute atomic E-state index is 0.632. The lowest BCUT2D eigenvalue weighted by atomic mass is 10.2. The number of unbranched alkanes of at least 4 members (excludes halogenated alkanes) is 1. The highest BCUT2D eigenvalue weighted by molar-refractivity contribution is 7.80. The zero-order chi connectivity index (χ0) is 12.4. The maximum atomic E-state index is 5.47. The van der Waals surface area contributed by atoms with E-state index in [1.807, 2.05) is 0 Å². The number of nitrogens with zero attached hydrogens (tertiary/aromatic N) is 1. The molecule has 0 bridgehead atoms. The van der Waals surface area contributed by atoms with Crippen LogP contribution in [0.2, 0.25) is 0 Å². The summed E-state index contributed by atoms with van der Waals surface area (Å²) in [6.07, 6.45) is 3.12. The summed E-state index contributed by atoms with van der Waals surface area (Å²) in [4.78, 5) is 3.08. The van der Waals surface area contributed by atoms with Gasteiger partial charge >= 0.3 is 0 Å². The lowest BCUT2D eigenvalue weighted by molar-refractivity contribution is 0.139. The van der Waals surface area contributed by atoms with Crippen molar-refractivity contribution in [1.29, 1.82) is 0 Å². The Kier molecular flexibility index (Phi) is 9.88. The quantitative estimate of drug-likeness (QED) is 0.473. The molecule has 2 N–H and O–H groups in total. The SMILES string of the molecule is COCCN(CCCCC(N)=S)CC(C)C. The Morgan fingerprint density at radius 3 is 2.50 bits per heavy atom. The summed E-state index contributed by atoms with van der Waals surface area (Å²) in [6.45, 7) is 8.56. The smallest absolute Gasteiger partial charge is 0.0727 e. The second kappa shape index (κ2) is 10.00. The van der Waals surface area contributed by atoms with Crippen LogP contribution in [0.15, 0.2) is 0 Å². The van der Waals surface area contributed by atoms with E-state index < -0.39 is 0 Å². The predicted molar refractivity (Wildman–Crippen MR) is 73.8 cm³/mol. The summed E-state index contributed by atoms with van der Waals surface area (Å²) in [6, 6.07) is 0. The van der Waals surface area contributed by atoms with E-state index in [-0.39, 0.29) is 0 Å². The maximum Gasteiger partial charge on any atom is 0.0727 e. The van der Waals surface area contributed by atoms with E-state index in [1.165, 1.54) is 0 Å². The summed E-state index contributed by atoms with van der Waals surface area (Å²) in [5.74, 6) is 0.701. The molecule has 4 heteroatoms. The molecule has 0 aromatic heterocycles. The predicted octanol–water partition coefficient (Wildman–Crippen LogP) is 2.05. The van der Waals surface area contributed by atoms with Crippen LogP contribution in [-0.4, -0.2) is 43.2 Å². The Balaban J connectivity index is 3.68. The topological polar surface area (TPSA) is 38.5 Å². The van der Waals surface area contributed by atoms with Gasteiger partial charge < -0.3 is 15.4 Å². The first-order valence-corrected chi connectivity index (χ1v) is 6.46. The van der Waals surface area contributed by atoms with Crippen LogP contribution in [0.1, 0.15) is 33.1 Å². The van der Waals surface area contributed by atoms with E-state index >= 15 is 0 Å². The first kappa shape index (κ1) is 15.8. The van der Waals surface area contributed by atoms with Crippen LogP contribution in [0.3, 0.4) is 0 Å². The molecule has 3 nitrogen and oxygen atoms in total. The van der Waals surface area contributed by atoms with Gasteiger partial charge in [0.1, 0.15) is 0 Å². The van der Waals surface area contributed by atoms with Gasteiger partial charge in [-0.2, -0.15) is 0 Å². The van der Waals surface area contributed by atoms with Crippen LogP contribution in [0.4, 0.5) is 0 Å². The molecule has 0 atom stereocenters. The molecule has 0 aliphatic rings. The lowest BCUT2D eigenvalue weighted by Gasteiger charge is -2.23. The Morgan fingerprint density at radius 2 is 2.00 bits per heavy atom. The summed E-state index contributed by atoms with van der Waals surface area (Å²) >= 11 is 4.86. The van der Waals surface area contributed by atoms with Crippen LogP contribution in [0.5, 0.6) is 0 Å². The highest BCUT2D eigenvalue weighted by Crippen LogP contribution is 2.03. The molecule has 0 aromatic rings. The summed E-state index contributed by atoms with van der Waals surface area (Å²) < 4.78 is 5.12. The van der Waals surface area contributed by atoms with Crippen LogP contribution in [0, 0.1) is 5.92 Å². The molecule has 0 rings (SSSR count). The second-order valence-electron chi connectivity index (χ2n) is 4.61. The first-order valence-electron chi connectivity index (χ1n) is 6.05. The number of hydrogen-bond acceptors (Lipinski definition) is 3. The molecule has 0 fully saturated rings. The molecule has 0 amide bonds. The molecule has 0 unspecified atom stereocenters. The zero-order valence-corrected chi connectivity index (χ0v) is 11.7. The fourth-order valence-electron chi connectivity index (χ4n) is 1.67. The van der Waals surface area contributed by atoms with Crippen molar-refractivity contribution in [2.45, 2.75) is 33.1 Å². The molecule has 0 saturated carbocycles. The van der Waals surface area contributed by atoms with Crippen molar-refractivity contribution >= 4 is 17.2 Å². The van der Waals surface area contributed by atoms with E-state index in [2.05, 4.69) is 18.7 Å². The van der Waals surface area contributed by atoms with Gasteiger partial charge in [-0.15, -0.1) is 0 Å². The van der Waals surface area contributed by atoms with Crippen molar-refractivity contribution in [3.8, 4) is 0 Å². The summed E-state index contributed by atoms with van der Waals surface area (Å²) in [5.41, 5.74) is 5.47. The van der Waals surface area contributed by atoms with Gasteiger partial charge in [0.25, 0.3) is 0 Å². The minimum atomic E-state index is 0.632. The third kappa shape index (κ3) is 10.3. The molecule has 0 aliphatic carbocycles. The van der Waals surface area contributed by atoms with E-state index in [9.17, 15) is 0 Å². The van der Waals surface area contributed by atoms with E-state index in [0.29, 0.717) is 10.9 Å². The normalized spacial score (nSPS) is 11.3. The van der Waals surface area contributed by atoms with Crippen LogP contribution >= 0.6 is 12.2 Å². The van der Waals surface area contributed by atoms with Gasteiger partial charge in [0.05, 0.1) is 11.6 Å². The highest BCUT2D eigenvalue weighted by Gasteiger charge is 2.06. The fraction of sp³-hybridized carbons (Fsp3) is 0.917. The van der Waals surface area contributed by atoms with E-state index in [0.717, 1.165) is 45.5 Å². The van der Waals surface area contributed by atoms with E-state index in [4.69, 9.17) is 22.7 Å². The van der Waals surface area contributed by atoms with Crippen molar-refractivity contribution in [3.63, 3.8) is 0 Å². The van der Waals surface area contributed by atoms with Crippen LogP contribution in [0.25, 0.3) is 0 Å². The number of methoxy groups -OCH3 is 1. The second-order valence-corrected chi connectivity index (χ2v) is 5.14. The summed E-state index contributed by atoms with van der Waals surface area (Å²) in [7, 11) is 1.75. The van der Waals surface area contributed by atoms with Gasteiger partial charge in [0, 0.05) is 20.2 Å². The first-order chi connectivity index (χ1) is 7.56. The molecule has 0 spiro atoms. The van der Waals surface area contributed by atoms with Gasteiger partial charge in [0.15, 0.2) is 0 Å².